The molecule has 2 heteroatoms. The van der Waals surface area contributed by atoms with E-state index in [1.54, 1.807) is 0 Å². The molecule has 18 heavy (non-hydrogen) atoms. The molecule has 0 aromatic heterocycles. The molecule has 1 aliphatic rings. The first-order chi connectivity index (χ1) is 8.86. The highest BCUT2D eigenvalue weighted by atomic mass is 16.5. The molecule has 0 N–H and O–H groups in total. The van der Waals surface area contributed by atoms with Crippen molar-refractivity contribution in [2.45, 2.75) is 12.3 Å². The third-order valence-corrected chi connectivity index (χ3v) is 3.24. The summed E-state index contributed by atoms with van der Waals surface area (Å²) < 4.78 is 5.72. The monoisotopic (exact) mass is 235 g/mol. The molecule has 2 aromatic rings. The van der Waals surface area contributed by atoms with E-state index in [0.717, 1.165) is 17.9 Å². The largest absolute Gasteiger partial charge is 0.457 e. The lowest BCUT2D eigenvalue weighted by molar-refractivity contribution is 0.482. The second kappa shape index (κ2) is 4.54. The van der Waals surface area contributed by atoms with Crippen molar-refractivity contribution in [1.82, 2.24) is 0 Å². The summed E-state index contributed by atoms with van der Waals surface area (Å²) in [5.41, 5.74) is 1.24. The number of ether oxygens (including phenoxy) is 1. The zero-order valence-electron chi connectivity index (χ0n) is 9.91. The molecule has 0 aliphatic heterocycles. The third-order valence-electron chi connectivity index (χ3n) is 3.24. The van der Waals surface area contributed by atoms with Gasteiger partial charge >= 0.3 is 0 Å². The molecule has 0 bridgehead atoms. The van der Waals surface area contributed by atoms with Crippen LogP contribution in [0.3, 0.4) is 0 Å². The number of hydrogen-bond acceptors (Lipinski definition) is 2. The summed E-state index contributed by atoms with van der Waals surface area (Å²) in [7, 11) is 0. The van der Waals surface area contributed by atoms with Crippen LogP contribution in [0.2, 0.25) is 0 Å². The van der Waals surface area contributed by atoms with Crippen LogP contribution < -0.4 is 4.74 Å². The number of nitrogens with zero attached hydrogens (tertiary/aromatic N) is 1. The Morgan fingerprint density at radius 1 is 0.944 bits per heavy atom. The van der Waals surface area contributed by atoms with E-state index in [1.165, 1.54) is 5.56 Å². The Morgan fingerprint density at radius 3 is 2.22 bits per heavy atom. The van der Waals surface area contributed by atoms with E-state index in [0.29, 0.717) is 5.92 Å². The standard InChI is InChI=1S/C16H13NO/c17-11-13-10-16(13)12-6-8-15(9-7-12)18-14-4-2-1-3-5-14/h1-9,13,16H,10H2. The fourth-order valence-electron chi connectivity index (χ4n) is 2.11. The van der Waals surface area contributed by atoms with E-state index in [1.807, 2.05) is 42.5 Å². The summed E-state index contributed by atoms with van der Waals surface area (Å²) in [6.07, 6.45) is 0.995. The van der Waals surface area contributed by atoms with Crippen molar-refractivity contribution in [3.8, 4) is 17.6 Å². The topological polar surface area (TPSA) is 33.0 Å². The minimum Gasteiger partial charge on any atom is -0.457 e. The minimum atomic E-state index is 0.214. The molecule has 0 heterocycles. The lowest BCUT2D eigenvalue weighted by atomic mass is 10.1. The van der Waals surface area contributed by atoms with E-state index in [9.17, 15) is 0 Å². The quantitative estimate of drug-likeness (QED) is 0.802. The lowest BCUT2D eigenvalue weighted by Crippen LogP contribution is -1.85. The number of rotatable bonds is 3. The molecule has 3 rings (SSSR count). The Bertz CT molecular complexity index is 568. The second-order valence-corrected chi connectivity index (χ2v) is 4.56. The first-order valence-electron chi connectivity index (χ1n) is 6.09. The summed E-state index contributed by atoms with van der Waals surface area (Å²) in [6, 6.07) is 20.1. The van der Waals surface area contributed by atoms with E-state index < -0.39 is 0 Å². The summed E-state index contributed by atoms with van der Waals surface area (Å²) in [5, 5.41) is 8.81. The van der Waals surface area contributed by atoms with Gasteiger partial charge in [-0.25, -0.2) is 0 Å². The molecular weight excluding hydrogens is 222 g/mol. The lowest BCUT2D eigenvalue weighted by Gasteiger charge is -2.06. The molecule has 0 spiro atoms. The zero-order valence-corrected chi connectivity index (χ0v) is 9.91. The van der Waals surface area contributed by atoms with Crippen LogP contribution in [0.1, 0.15) is 17.9 Å². The van der Waals surface area contributed by atoms with Crippen LogP contribution in [0.15, 0.2) is 54.6 Å². The van der Waals surface area contributed by atoms with Gasteiger partial charge in [0.25, 0.3) is 0 Å². The predicted octanol–water partition coefficient (Wildman–Crippen LogP) is 4.11. The van der Waals surface area contributed by atoms with Gasteiger partial charge in [-0.3, -0.25) is 0 Å². The Kier molecular flexibility index (Phi) is 2.74. The number of hydrogen-bond donors (Lipinski definition) is 0. The maximum Gasteiger partial charge on any atom is 0.127 e. The van der Waals surface area contributed by atoms with Gasteiger partial charge in [-0.05, 0) is 36.2 Å². The highest BCUT2D eigenvalue weighted by Crippen LogP contribution is 2.47. The predicted molar refractivity (Wildman–Crippen MR) is 69.4 cm³/mol. The van der Waals surface area contributed by atoms with Crippen LogP contribution in [0, 0.1) is 17.2 Å². The minimum absolute atomic E-state index is 0.214. The van der Waals surface area contributed by atoms with E-state index >= 15 is 0 Å². The van der Waals surface area contributed by atoms with Gasteiger partial charge in [0.2, 0.25) is 0 Å². The van der Waals surface area contributed by atoms with Crippen molar-refractivity contribution in [2.75, 3.05) is 0 Å². The van der Waals surface area contributed by atoms with Crippen molar-refractivity contribution in [2.24, 2.45) is 5.92 Å². The normalized spacial score (nSPS) is 21.1. The summed E-state index contributed by atoms with van der Waals surface area (Å²) >= 11 is 0. The molecule has 0 saturated heterocycles. The fraction of sp³-hybridized carbons (Fsp3) is 0.188. The third kappa shape index (κ3) is 2.21. The van der Waals surface area contributed by atoms with Gasteiger partial charge < -0.3 is 4.74 Å². The first-order valence-corrected chi connectivity index (χ1v) is 6.09. The van der Waals surface area contributed by atoms with Crippen LogP contribution >= 0.6 is 0 Å². The maximum atomic E-state index is 8.81. The Hall–Kier alpha value is -2.27. The van der Waals surface area contributed by atoms with E-state index in [-0.39, 0.29) is 5.92 Å². The Labute approximate surface area is 106 Å². The fourth-order valence-corrected chi connectivity index (χ4v) is 2.11. The van der Waals surface area contributed by atoms with Gasteiger partial charge in [0.15, 0.2) is 0 Å². The molecule has 2 aromatic carbocycles. The van der Waals surface area contributed by atoms with Crippen LogP contribution in [-0.2, 0) is 0 Å². The highest BCUT2D eigenvalue weighted by Gasteiger charge is 2.38. The van der Waals surface area contributed by atoms with Crippen molar-refractivity contribution in [3.63, 3.8) is 0 Å². The van der Waals surface area contributed by atoms with Crippen LogP contribution in [0.25, 0.3) is 0 Å². The van der Waals surface area contributed by atoms with Gasteiger partial charge in [-0.1, -0.05) is 30.3 Å². The molecule has 0 radical (unpaired) electrons. The van der Waals surface area contributed by atoms with Crippen molar-refractivity contribution < 1.29 is 4.74 Å². The summed E-state index contributed by atoms with van der Waals surface area (Å²) in [6.45, 7) is 0. The molecule has 1 fully saturated rings. The van der Waals surface area contributed by atoms with Gasteiger partial charge in [0.05, 0.1) is 12.0 Å². The Balaban J connectivity index is 1.71. The molecule has 0 amide bonds. The average molecular weight is 235 g/mol. The SMILES string of the molecule is N#CC1CC1c1ccc(Oc2ccccc2)cc1. The van der Waals surface area contributed by atoms with E-state index in [2.05, 4.69) is 18.2 Å². The molecule has 2 atom stereocenters. The summed E-state index contributed by atoms with van der Waals surface area (Å²) in [4.78, 5) is 0. The van der Waals surface area contributed by atoms with Gasteiger partial charge in [-0.15, -0.1) is 0 Å². The number of para-hydroxylation sites is 1. The first kappa shape index (κ1) is 10.9. The smallest absolute Gasteiger partial charge is 0.127 e. The Morgan fingerprint density at radius 2 is 1.61 bits per heavy atom. The van der Waals surface area contributed by atoms with Crippen LogP contribution in [0.5, 0.6) is 11.5 Å². The van der Waals surface area contributed by atoms with Crippen LogP contribution in [-0.4, -0.2) is 0 Å². The number of nitriles is 1. The van der Waals surface area contributed by atoms with Gasteiger partial charge in [0.1, 0.15) is 11.5 Å². The highest BCUT2D eigenvalue weighted by molar-refractivity contribution is 5.36. The van der Waals surface area contributed by atoms with Crippen molar-refractivity contribution in [1.29, 1.82) is 5.26 Å². The van der Waals surface area contributed by atoms with E-state index in [4.69, 9.17) is 10.00 Å². The molecule has 2 unspecified atom stereocenters. The molecule has 1 aliphatic carbocycles. The number of benzene rings is 2. The molecular formula is C16H13NO. The van der Waals surface area contributed by atoms with Crippen molar-refractivity contribution in [3.05, 3.63) is 60.2 Å². The van der Waals surface area contributed by atoms with Gasteiger partial charge in [0, 0.05) is 5.92 Å². The molecule has 2 nitrogen and oxygen atoms in total. The van der Waals surface area contributed by atoms with Gasteiger partial charge in [-0.2, -0.15) is 5.26 Å². The van der Waals surface area contributed by atoms with Crippen LogP contribution in [0.4, 0.5) is 0 Å². The average Bonchev–Trinajstić information content (AvgIpc) is 3.20. The second-order valence-electron chi connectivity index (χ2n) is 4.56. The summed E-state index contributed by atoms with van der Waals surface area (Å²) in [5.74, 6) is 2.32. The zero-order chi connectivity index (χ0) is 12.4. The molecule has 88 valence electrons. The molecule has 1 saturated carbocycles. The van der Waals surface area contributed by atoms with Crippen molar-refractivity contribution >= 4 is 0 Å². The maximum absolute atomic E-state index is 8.81.